The van der Waals surface area contributed by atoms with Crippen LogP contribution in [0.5, 0.6) is 0 Å². The van der Waals surface area contributed by atoms with Crippen LogP contribution in [0, 0.1) is 17.2 Å². The van der Waals surface area contributed by atoms with E-state index in [1.165, 1.54) is 11.0 Å². The van der Waals surface area contributed by atoms with E-state index in [4.69, 9.17) is 56.5 Å². The number of hydrogen-bond acceptors (Lipinski definition) is 4. The van der Waals surface area contributed by atoms with Crippen LogP contribution in [0.3, 0.4) is 0 Å². The molecule has 1 amide bonds. The Morgan fingerprint density at radius 3 is 2.34 bits per heavy atom. The minimum Gasteiger partial charge on any atom is -0.374 e. The van der Waals surface area contributed by atoms with Crippen LogP contribution >= 0.6 is 46.4 Å². The number of oxime groups is 1. The van der Waals surface area contributed by atoms with Crippen LogP contribution in [0.25, 0.3) is 0 Å². The molecule has 0 bridgehead atoms. The van der Waals surface area contributed by atoms with Crippen molar-refractivity contribution in [3.8, 4) is 6.07 Å². The topological polar surface area (TPSA) is 65.7 Å². The average molecular weight is 565 g/mol. The highest BCUT2D eigenvalue weighted by atomic mass is 35.5. The SMILES string of the molecule is N#CCN(Cc1ccc(C2=NOC(c3cc(Cl)c(Cl)c(Cl)c3)(C(F)(F)F)C2)cc1Cl)C(=O)C1CC1. The molecule has 5 nitrogen and oxygen atoms in total. The summed E-state index contributed by atoms with van der Waals surface area (Å²) in [6.07, 6.45) is -3.93. The van der Waals surface area contributed by atoms with E-state index in [-0.39, 0.29) is 56.3 Å². The van der Waals surface area contributed by atoms with Crippen molar-refractivity contribution >= 4 is 58.0 Å². The summed E-state index contributed by atoms with van der Waals surface area (Å²) < 4.78 is 42.8. The van der Waals surface area contributed by atoms with E-state index in [2.05, 4.69) is 5.16 Å². The Bertz CT molecular complexity index is 1230. The molecule has 2 aromatic rings. The fraction of sp³-hybridized carbons (Fsp3) is 0.348. The second-order valence-corrected chi connectivity index (χ2v) is 9.92. The number of nitriles is 1. The van der Waals surface area contributed by atoms with Gasteiger partial charge in [0.2, 0.25) is 5.91 Å². The molecule has 0 spiro atoms. The van der Waals surface area contributed by atoms with Gasteiger partial charge in [-0.05, 0) is 36.6 Å². The van der Waals surface area contributed by atoms with Crippen LogP contribution in [0.4, 0.5) is 13.2 Å². The second-order valence-electron chi connectivity index (χ2n) is 8.32. The molecule has 1 heterocycles. The molecule has 0 radical (unpaired) electrons. The van der Waals surface area contributed by atoms with E-state index in [1.807, 2.05) is 6.07 Å². The van der Waals surface area contributed by atoms with Crippen molar-refractivity contribution in [3.05, 3.63) is 67.1 Å². The lowest BCUT2D eigenvalue weighted by atomic mass is 9.86. The Morgan fingerprint density at radius 1 is 1.14 bits per heavy atom. The number of carbonyl (C=O) groups excluding carboxylic acids is 1. The molecule has 1 fully saturated rings. The van der Waals surface area contributed by atoms with Gasteiger partial charge < -0.3 is 9.74 Å². The number of benzene rings is 2. The highest BCUT2D eigenvalue weighted by molar-refractivity contribution is 6.48. The smallest absolute Gasteiger partial charge is 0.374 e. The lowest BCUT2D eigenvalue weighted by Crippen LogP contribution is -2.42. The molecule has 2 aromatic carbocycles. The molecule has 12 heteroatoms. The van der Waals surface area contributed by atoms with E-state index < -0.39 is 18.2 Å². The lowest BCUT2D eigenvalue weighted by molar-refractivity contribution is -0.275. The van der Waals surface area contributed by atoms with Gasteiger partial charge in [0, 0.05) is 35.0 Å². The Labute approximate surface area is 218 Å². The van der Waals surface area contributed by atoms with Gasteiger partial charge in [-0.15, -0.1) is 0 Å². The van der Waals surface area contributed by atoms with Crippen molar-refractivity contribution in [2.75, 3.05) is 6.54 Å². The lowest BCUT2D eigenvalue weighted by Gasteiger charge is -2.30. The van der Waals surface area contributed by atoms with E-state index in [9.17, 15) is 18.0 Å². The number of carbonyl (C=O) groups is 1. The fourth-order valence-electron chi connectivity index (χ4n) is 3.79. The van der Waals surface area contributed by atoms with Crippen molar-refractivity contribution in [3.63, 3.8) is 0 Å². The first kappa shape index (κ1) is 25.9. The molecule has 1 aliphatic heterocycles. The monoisotopic (exact) mass is 563 g/mol. The molecule has 2 aliphatic rings. The van der Waals surface area contributed by atoms with E-state index in [0.717, 1.165) is 25.0 Å². The average Bonchev–Trinajstić information content (AvgIpc) is 3.54. The van der Waals surface area contributed by atoms with Gasteiger partial charge >= 0.3 is 6.18 Å². The fourth-order valence-corrected chi connectivity index (χ4v) is 4.63. The zero-order valence-corrected chi connectivity index (χ0v) is 20.8. The molecule has 1 saturated carbocycles. The second kappa shape index (κ2) is 9.70. The van der Waals surface area contributed by atoms with Gasteiger partial charge in [-0.3, -0.25) is 4.79 Å². The van der Waals surface area contributed by atoms with Gasteiger partial charge in [0.1, 0.15) is 6.54 Å². The maximum Gasteiger partial charge on any atom is 0.435 e. The van der Waals surface area contributed by atoms with Gasteiger partial charge in [0.25, 0.3) is 5.60 Å². The Kier molecular flexibility index (Phi) is 7.18. The molecule has 0 aromatic heterocycles. The predicted octanol–water partition coefficient (Wildman–Crippen LogP) is 7.14. The van der Waals surface area contributed by atoms with Gasteiger partial charge in [-0.1, -0.05) is 63.7 Å². The van der Waals surface area contributed by atoms with Crippen LogP contribution in [-0.2, 0) is 21.8 Å². The van der Waals surface area contributed by atoms with E-state index in [1.54, 1.807) is 12.1 Å². The number of hydrogen-bond donors (Lipinski definition) is 0. The summed E-state index contributed by atoms with van der Waals surface area (Å²) in [5.74, 6) is -0.188. The molecular formula is C23H16Cl4F3N3O2. The summed E-state index contributed by atoms with van der Waals surface area (Å²) in [4.78, 5) is 18.8. The molecule has 1 atom stereocenters. The summed E-state index contributed by atoms with van der Waals surface area (Å²) in [6.45, 7) is 0.0213. The summed E-state index contributed by atoms with van der Waals surface area (Å²) in [6, 6.07) is 8.67. The maximum absolute atomic E-state index is 14.3. The molecule has 35 heavy (non-hydrogen) atoms. The third-order valence-corrected chi connectivity index (χ3v) is 7.43. The summed E-state index contributed by atoms with van der Waals surface area (Å²) in [7, 11) is 0. The highest BCUT2D eigenvalue weighted by Crippen LogP contribution is 2.50. The van der Waals surface area contributed by atoms with Crippen molar-refractivity contribution in [2.24, 2.45) is 11.1 Å². The van der Waals surface area contributed by atoms with Crippen LogP contribution in [0.1, 0.15) is 36.0 Å². The Morgan fingerprint density at radius 2 is 1.80 bits per heavy atom. The van der Waals surface area contributed by atoms with Crippen molar-refractivity contribution < 1.29 is 22.8 Å². The summed E-state index contributed by atoms with van der Waals surface area (Å²) >= 11 is 24.2. The summed E-state index contributed by atoms with van der Waals surface area (Å²) in [5.41, 5.74) is -2.27. The highest BCUT2D eigenvalue weighted by Gasteiger charge is 2.62. The van der Waals surface area contributed by atoms with E-state index in [0.29, 0.717) is 11.1 Å². The van der Waals surface area contributed by atoms with Crippen molar-refractivity contribution in [1.29, 1.82) is 5.26 Å². The molecule has 184 valence electrons. The molecule has 0 N–H and O–H groups in total. The number of alkyl halides is 3. The Balaban J connectivity index is 1.60. The van der Waals surface area contributed by atoms with Crippen LogP contribution in [-0.4, -0.2) is 29.2 Å². The number of halogens is 7. The van der Waals surface area contributed by atoms with E-state index >= 15 is 0 Å². The van der Waals surface area contributed by atoms with Crippen LogP contribution < -0.4 is 0 Å². The molecule has 4 rings (SSSR count). The summed E-state index contributed by atoms with van der Waals surface area (Å²) in [5, 5.41) is 12.6. The minimum absolute atomic E-state index is 0.0147. The Hall–Kier alpha value is -2.18. The quantitative estimate of drug-likeness (QED) is 0.276. The normalized spacial score (nSPS) is 19.7. The maximum atomic E-state index is 14.3. The first-order valence-electron chi connectivity index (χ1n) is 10.4. The van der Waals surface area contributed by atoms with Gasteiger partial charge in [0.05, 0.1) is 26.8 Å². The number of rotatable bonds is 6. The number of amides is 1. The minimum atomic E-state index is -4.86. The molecular weight excluding hydrogens is 549 g/mol. The zero-order chi connectivity index (χ0) is 25.5. The van der Waals surface area contributed by atoms with Gasteiger partial charge in [-0.2, -0.15) is 18.4 Å². The third-order valence-electron chi connectivity index (χ3n) is 5.88. The number of nitrogens with zero attached hydrogens (tertiary/aromatic N) is 3. The standard InChI is InChI=1S/C23H16Cl4F3N3O2/c24-16-7-13(3-4-14(16)11-33(6-5-31)21(34)12-1-2-12)19-10-22(35-32-19,23(28,29)30)15-8-17(25)20(27)18(26)9-15/h3-4,7-9,12H,1-2,6,10-11H2. The van der Waals surface area contributed by atoms with Crippen LogP contribution in [0.15, 0.2) is 35.5 Å². The van der Waals surface area contributed by atoms with Crippen molar-refractivity contribution in [1.82, 2.24) is 4.90 Å². The molecule has 1 aliphatic carbocycles. The largest absolute Gasteiger partial charge is 0.435 e. The predicted molar refractivity (Wildman–Crippen MR) is 127 cm³/mol. The van der Waals surface area contributed by atoms with Crippen LogP contribution in [0.2, 0.25) is 20.1 Å². The first-order chi connectivity index (χ1) is 16.5. The molecule has 0 saturated heterocycles. The zero-order valence-electron chi connectivity index (χ0n) is 17.8. The van der Waals surface area contributed by atoms with Gasteiger partial charge in [-0.25, -0.2) is 0 Å². The van der Waals surface area contributed by atoms with Gasteiger partial charge in [0.15, 0.2) is 0 Å². The van der Waals surface area contributed by atoms with Crippen molar-refractivity contribution in [2.45, 2.75) is 37.6 Å². The molecule has 1 unspecified atom stereocenters. The third kappa shape index (κ3) is 5.05. The first-order valence-corrected chi connectivity index (χ1v) is 11.9.